The smallest absolute Gasteiger partial charge is 0.0937 e. The minimum atomic E-state index is -0.339. The van der Waals surface area contributed by atoms with Gasteiger partial charge in [0.1, 0.15) is 0 Å². The second kappa shape index (κ2) is 9.34. The van der Waals surface area contributed by atoms with E-state index in [0.717, 1.165) is 51.0 Å². The van der Waals surface area contributed by atoms with Crippen LogP contribution in [-0.2, 0) is 5.41 Å². The van der Waals surface area contributed by atoms with Gasteiger partial charge in [-0.25, -0.2) is 0 Å². The van der Waals surface area contributed by atoms with E-state index in [4.69, 9.17) is 0 Å². The van der Waals surface area contributed by atoms with Crippen molar-refractivity contribution in [2.75, 3.05) is 25.0 Å². The molecule has 0 spiro atoms. The molecule has 0 bridgehead atoms. The third-order valence-corrected chi connectivity index (χ3v) is 6.86. The van der Waals surface area contributed by atoms with E-state index >= 15 is 0 Å². The van der Waals surface area contributed by atoms with Crippen LogP contribution in [0.5, 0.6) is 0 Å². The largest absolute Gasteiger partial charge is 0.381 e. The molecule has 4 nitrogen and oxygen atoms in total. The molecule has 1 atom stereocenters. The van der Waals surface area contributed by atoms with E-state index in [1.807, 2.05) is 18.5 Å². The maximum absolute atomic E-state index is 9.96. The van der Waals surface area contributed by atoms with Crippen molar-refractivity contribution >= 4 is 17.0 Å². The van der Waals surface area contributed by atoms with Crippen molar-refractivity contribution < 1.29 is 0 Å². The van der Waals surface area contributed by atoms with Crippen molar-refractivity contribution in [3.05, 3.63) is 46.9 Å². The Morgan fingerprint density at radius 3 is 2.74 bits per heavy atom. The SMILES string of the molecule is CC(C)C(C#N)(CCCN1CCC(Nc2cccnc2)CC1)c1cccs1. The molecule has 3 heterocycles. The first-order chi connectivity index (χ1) is 13.1. The van der Waals surface area contributed by atoms with E-state index in [1.165, 1.54) is 4.88 Å². The summed E-state index contributed by atoms with van der Waals surface area (Å²) in [5.74, 6) is 0.329. The van der Waals surface area contributed by atoms with Crippen molar-refractivity contribution in [1.29, 1.82) is 5.26 Å². The van der Waals surface area contributed by atoms with Gasteiger partial charge >= 0.3 is 0 Å². The van der Waals surface area contributed by atoms with Gasteiger partial charge in [0.15, 0.2) is 0 Å². The van der Waals surface area contributed by atoms with Gasteiger partial charge in [-0.2, -0.15) is 5.26 Å². The number of piperidine rings is 1. The van der Waals surface area contributed by atoms with Crippen LogP contribution >= 0.6 is 11.3 Å². The molecule has 1 N–H and O–H groups in total. The summed E-state index contributed by atoms with van der Waals surface area (Å²) >= 11 is 1.72. The number of rotatable bonds is 8. The molecule has 1 aliphatic heterocycles. The highest BCUT2D eigenvalue weighted by Crippen LogP contribution is 2.39. The predicted octanol–water partition coefficient (Wildman–Crippen LogP) is 4.92. The second-order valence-electron chi connectivity index (χ2n) is 7.82. The summed E-state index contributed by atoms with van der Waals surface area (Å²) < 4.78 is 0. The molecule has 0 aliphatic carbocycles. The first-order valence-electron chi connectivity index (χ1n) is 9.98. The molecule has 1 unspecified atom stereocenters. The summed E-state index contributed by atoms with van der Waals surface area (Å²) in [6.07, 6.45) is 8.04. The fourth-order valence-corrected chi connectivity index (χ4v) is 5.09. The third kappa shape index (κ3) is 4.88. The van der Waals surface area contributed by atoms with Gasteiger partial charge in [-0.15, -0.1) is 11.3 Å². The average Bonchev–Trinajstić information content (AvgIpc) is 3.22. The van der Waals surface area contributed by atoms with Gasteiger partial charge < -0.3 is 10.2 Å². The first-order valence-corrected chi connectivity index (χ1v) is 10.9. The summed E-state index contributed by atoms with van der Waals surface area (Å²) in [7, 11) is 0. The van der Waals surface area contributed by atoms with E-state index in [9.17, 15) is 5.26 Å². The standard InChI is InChI=1S/C22H30N4S/c1-18(2)22(17-23,21-7-4-15-27-21)10-5-12-26-13-8-19(9-14-26)25-20-6-3-11-24-16-20/h3-4,6-7,11,15-16,18-19,25H,5,8-10,12-14H2,1-2H3. The molecule has 5 heteroatoms. The fraction of sp³-hybridized carbons (Fsp3) is 0.545. The van der Waals surface area contributed by atoms with Crippen LogP contribution in [0.1, 0.15) is 44.4 Å². The highest BCUT2D eigenvalue weighted by molar-refractivity contribution is 7.10. The summed E-state index contributed by atoms with van der Waals surface area (Å²) in [6.45, 7) is 7.69. The van der Waals surface area contributed by atoms with Gasteiger partial charge in [-0.05, 0) is 61.7 Å². The lowest BCUT2D eigenvalue weighted by Gasteiger charge is -2.34. The molecule has 3 rings (SSSR count). The molecule has 0 saturated carbocycles. The summed E-state index contributed by atoms with van der Waals surface area (Å²) in [5.41, 5.74) is 0.775. The normalized spacial score (nSPS) is 18.1. The predicted molar refractivity (Wildman–Crippen MR) is 113 cm³/mol. The number of nitrogens with zero attached hydrogens (tertiary/aromatic N) is 3. The lowest BCUT2D eigenvalue weighted by molar-refractivity contribution is 0.207. The topological polar surface area (TPSA) is 52.0 Å². The molecular weight excluding hydrogens is 352 g/mol. The monoisotopic (exact) mass is 382 g/mol. The maximum Gasteiger partial charge on any atom is 0.0937 e. The zero-order valence-electron chi connectivity index (χ0n) is 16.4. The number of likely N-dealkylation sites (tertiary alicyclic amines) is 1. The Bertz CT molecular complexity index is 715. The summed E-state index contributed by atoms with van der Waals surface area (Å²) in [5, 5.41) is 15.6. The van der Waals surface area contributed by atoms with Crippen LogP contribution in [0.2, 0.25) is 0 Å². The average molecular weight is 383 g/mol. The number of pyridine rings is 1. The van der Waals surface area contributed by atoms with Gasteiger partial charge in [0.25, 0.3) is 0 Å². The molecule has 0 amide bonds. The first kappa shape index (κ1) is 19.9. The van der Waals surface area contributed by atoms with Gasteiger partial charge in [-0.3, -0.25) is 4.98 Å². The van der Waals surface area contributed by atoms with Crippen molar-refractivity contribution in [3.63, 3.8) is 0 Å². The summed E-state index contributed by atoms with van der Waals surface area (Å²) in [6, 6.07) is 11.4. The molecule has 1 aliphatic rings. The van der Waals surface area contributed by atoms with Crippen LogP contribution in [0.4, 0.5) is 5.69 Å². The maximum atomic E-state index is 9.96. The Hall–Kier alpha value is -1.90. The Morgan fingerprint density at radius 1 is 1.33 bits per heavy atom. The highest BCUT2D eigenvalue weighted by Gasteiger charge is 2.36. The molecule has 144 valence electrons. The molecule has 0 aromatic carbocycles. The number of aromatic nitrogens is 1. The van der Waals surface area contributed by atoms with Crippen molar-refractivity contribution in [2.24, 2.45) is 5.92 Å². The van der Waals surface area contributed by atoms with Crippen LogP contribution in [0.15, 0.2) is 42.0 Å². The van der Waals surface area contributed by atoms with E-state index in [2.05, 4.69) is 58.7 Å². The Balaban J connectivity index is 1.46. The zero-order valence-corrected chi connectivity index (χ0v) is 17.2. The third-order valence-electron chi connectivity index (χ3n) is 5.81. The molecular formula is C22H30N4S. The van der Waals surface area contributed by atoms with Crippen molar-refractivity contribution in [3.8, 4) is 6.07 Å². The van der Waals surface area contributed by atoms with Gasteiger partial charge in [0, 0.05) is 36.4 Å². The fourth-order valence-electron chi connectivity index (χ4n) is 4.04. The van der Waals surface area contributed by atoms with Crippen LogP contribution in [-0.4, -0.2) is 35.6 Å². The van der Waals surface area contributed by atoms with Crippen LogP contribution < -0.4 is 5.32 Å². The van der Waals surface area contributed by atoms with E-state index in [0.29, 0.717) is 12.0 Å². The molecule has 27 heavy (non-hydrogen) atoms. The minimum Gasteiger partial charge on any atom is -0.381 e. The molecule has 2 aromatic heterocycles. The minimum absolute atomic E-state index is 0.329. The quantitative estimate of drug-likeness (QED) is 0.704. The van der Waals surface area contributed by atoms with E-state index in [-0.39, 0.29) is 5.41 Å². The van der Waals surface area contributed by atoms with Crippen molar-refractivity contribution in [1.82, 2.24) is 9.88 Å². The highest BCUT2D eigenvalue weighted by atomic mass is 32.1. The van der Waals surface area contributed by atoms with Gasteiger partial charge in [0.05, 0.1) is 17.2 Å². The molecule has 1 saturated heterocycles. The molecule has 2 aromatic rings. The van der Waals surface area contributed by atoms with Gasteiger partial charge in [0.2, 0.25) is 0 Å². The molecule has 0 radical (unpaired) electrons. The lowest BCUT2D eigenvalue weighted by Crippen LogP contribution is -2.40. The Kier molecular flexibility index (Phi) is 6.87. The molecule has 1 fully saturated rings. The number of nitrogens with one attached hydrogen (secondary N) is 1. The summed E-state index contributed by atoms with van der Waals surface area (Å²) in [4.78, 5) is 7.95. The van der Waals surface area contributed by atoms with Crippen LogP contribution in [0.25, 0.3) is 0 Å². The number of anilines is 1. The van der Waals surface area contributed by atoms with Crippen LogP contribution in [0.3, 0.4) is 0 Å². The lowest BCUT2D eigenvalue weighted by atomic mass is 9.73. The van der Waals surface area contributed by atoms with Crippen LogP contribution in [0, 0.1) is 17.2 Å². The zero-order chi connectivity index (χ0) is 19.1. The second-order valence-corrected chi connectivity index (χ2v) is 8.77. The number of thiophene rings is 1. The number of hydrogen-bond donors (Lipinski definition) is 1. The van der Waals surface area contributed by atoms with Gasteiger partial charge in [-0.1, -0.05) is 19.9 Å². The van der Waals surface area contributed by atoms with Crippen molar-refractivity contribution in [2.45, 2.75) is 51.0 Å². The Labute approximate surface area is 167 Å². The number of nitriles is 1. The van der Waals surface area contributed by atoms with E-state index in [1.54, 1.807) is 11.3 Å². The van der Waals surface area contributed by atoms with E-state index < -0.39 is 0 Å². The Morgan fingerprint density at radius 2 is 2.15 bits per heavy atom. The number of hydrogen-bond acceptors (Lipinski definition) is 5.